The van der Waals surface area contributed by atoms with Crippen molar-refractivity contribution < 1.29 is 18.7 Å². The molecular formula is C25H26N4O4. The summed E-state index contributed by atoms with van der Waals surface area (Å²) in [7, 11) is 0. The lowest BCUT2D eigenvalue weighted by atomic mass is 9.90. The second-order valence-electron chi connectivity index (χ2n) is 7.95. The highest BCUT2D eigenvalue weighted by Crippen LogP contribution is 2.27. The van der Waals surface area contributed by atoms with E-state index in [4.69, 9.17) is 9.15 Å². The summed E-state index contributed by atoms with van der Waals surface area (Å²) < 4.78 is 11.4. The molecule has 33 heavy (non-hydrogen) atoms. The maximum absolute atomic E-state index is 13.2. The third-order valence-corrected chi connectivity index (χ3v) is 5.67. The van der Waals surface area contributed by atoms with Gasteiger partial charge in [-0.3, -0.25) is 14.6 Å². The number of pyridine rings is 1. The number of carbonyl (C=O) groups excluding carboxylic acids is 2. The van der Waals surface area contributed by atoms with Crippen molar-refractivity contribution in [2.45, 2.75) is 18.9 Å². The molecule has 4 rings (SSSR count). The smallest absolute Gasteiger partial charge is 0.291 e. The molecule has 0 radical (unpaired) electrons. The zero-order valence-electron chi connectivity index (χ0n) is 18.5. The van der Waals surface area contributed by atoms with Crippen molar-refractivity contribution >= 4 is 11.8 Å². The molecule has 2 aromatic heterocycles. The molecular weight excluding hydrogens is 420 g/mol. The summed E-state index contributed by atoms with van der Waals surface area (Å²) in [4.78, 5) is 36.0. The molecule has 2 amide bonds. The molecule has 0 spiro atoms. The number of aryl methyl sites for hydroxylation is 1. The number of benzene rings is 1. The molecule has 0 bridgehead atoms. The van der Waals surface area contributed by atoms with E-state index >= 15 is 0 Å². The molecule has 1 aromatic carbocycles. The lowest BCUT2D eigenvalue weighted by molar-refractivity contribution is -0.157. The number of morpholine rings is 1. The molecule has 1 aliphatic rings. The molecule has 1 fully saturated rings. The summed E-state index contributed by atoms with van der Waals surface area (Å²) in [5.41, 5.74) is 2.23. The first kappa shape index (κ1) is 22.4. The summed E-state index contributed by atoms with van der Waals surface area (Å²) in [6.07, 6.45) is 6.70. The van der Waals surface area contributed by atoms with Gasteiger partial charge in [0.2, 0.25) is 5.76 Å². The van der Waals surface area contributed by atoms with Crippen molar-refractivity contribution in [3.8, 4) is 11.1 Å². The molecule has 8 heteroatoms. The van der Waals surface area contributed by atoms with Gasteiger partial charge in [0, 0.05) is 31.9 Å². The number of ether oxygens (including phenoxy) is 1. The van der Waals surface area contributed by atoms with Gasteiger partial charge in [-0.1, -0.05) is 36.4 Å². The zero-order valence-corrected chi connectivity index (χ0v) is 18.5. The van der Waals surface area contributed by atoms with Crippen LogP contribution in [-0.2, 0) is 16.0 Å². The molecule has 0 aliphatic carbocycles. The maximum Gasteiger partial charge on any atom is 0.291 e. The lowest BCUT2D eigenvalue weighted by Crippen LogP contribution is -2.62. The van der Waals surface area contributed by atoms with Crippen molar-refractivity contribution in [3.63, 3.8) is 0 Å². The Morgan fingerprint density at radius 3 is 2.73 bits per heavy atom. The molecule has 1 N–H and O–H groups in total. The van der Waals surface area contributed by atoms with Gasteiger partial charge in [0.05, 0.1) is 18.8 Å². The first-order valence-corrected chi connectivity index (χ1v) is 10.7. The van der Waals surface area contributed by atoms with Gasteiger partial charge < -0.3 is 19.4 Å². The van der Waals surface area contributed by atoms with Crippen LogP contribution in [0, 0.1) is 6.92 Å². The topological polar surface area (TPSA) is 97.6 Å². The largest absolute Gasteiger partial charge is 0.438 e. The van der Waals surface area contributed by atoms with E-state index in [0.717, 1.165) is 16.7 Å². The summed E-state index contributed by atoms with van der Waals surface area (Å²) in [6.45, 7) is 6.37. The number of rotatable bonds is 7. The highest BCUT2D eigenvalue weighted by atomic mass is 16.5. The Labute approximate surface area is 192 Å². The van der Waals surface area contributed by atoms with Crippen LogP contribution in [0.15, 0.2) is 72.3 Å². The molecule has 8 nitrogen and oxygen atoms in total. The van der Waals surface area contributed by atoms with E-state index in [-0.39, 0.29) is 30.7 Å². The van der Waals surface area contributed by atoms with Crippen LogP contribution in [0.3, 0.4) is 0 Å². The van der Waals surface area contributed by atoms with Gasteiger partial charge in [-0.15, -0.1) is 6.58 Å². The minimum Gasteiger partial charge on any atom is -0.438 e. The molecule has 1 aliphatic heterocycles. The van der Waals surface area contributed by atoms with Crippen molar-refractivity contribution in [3.05, 3.63) is 84.9 Å². The highest BCUT2D eigenvalue weighted by molar-refractivity contribution is 5.94. The van der Waals surface area contributed by atoms with Gasteiger partial charge in [0.1, 0.15) is 0 Å². The van der Waals surface area contributed by atoms with Gasteiger partial charge in [0.15, 0.2) is 12.0 Å². The Kier molecular flexibility index (Phi) is 6.65. The lowest BCUT2D eigenvalue weighted by Gasteiger charge is -2.41. The number of nitrogens with one attached hydrogen (secondary N) is 1. The number of aromatic nitrogens is 2. The SMILES string of the molecule is C=CCNC(=O)C1(Cc2ccc(-c3cccnc3)cc2)CN(C(=O)c2ocnc2C)CCO1. The summed E-state index contributed by atoms with van der Waals surface area (Å²) in [5, 5.41) is 2.84. The summed E-state index contributed by atoms with van der Waals surface area (Å²) in [6, 6.07) is 11.8. The minimum absolute atomic E-state index is 0.0965. The van der Waals surface area contributed by atoms with Crippen LogP contribution in [0.1, 0.15) is 21.8 Å². The quantitative estimate of drug-likeness (QED) is 0.561. The summed E-state index contributed by atoms with van der Waals surface area (Å²) in [5.74, 6) is -0.412. The van der Waals surface area contributed by atoms with Crippen LogP contribution in [0.2, 0.25) is 0 Å². The first-order valence-electron chi connectivity index (χ1n) is 10.7. The number of oxazole rings is 1. The summed E-state index contributed by atoms with van der Waals surface area (Å²) >= 11 is 0. The predicted octanol–water partition coefficient (Wildman–Crippen LogP) is 2.80. The zero-order chi connectivity index (χ0) is 23.3. The van der Waals surface area contributed by atoms with E-state index in [1.165, 1.54) is 6.39 Å². The number of hydrogen-bond acceptors (Lipinski definition) is 6. The van der Waals surface area contributed by atoms with E-state index in [0.29, 0.717) is 25.2 Å². The van der Waals surface area contributed by atoms with Crippen LogP contribution < -0.4 is 5.32 Å². The van der Waals surface area contributed by atoms with E-state index in [1.807, 2.05) is 36.4 Å². The molecule has 0 saturated carbocycles. The van der Waals surface area contributed by atoms with E-state index in [9.17, 15) is 9.59 Å². The predicted molar refractivity (Wildman–Crippen MR) is 122 cm³/mol. The average molecular weight is 447 g/mol. The van der Waals surface area contributed by atoms with Gasteiger partial charge >= 0.3 is 0 Å². The Morgan fingerprint density at radius 1 is 1.24 bits per heavy atom. The van der Waals surface area contributed by atoms with Gasteiger partial charge in [-0.05, 0) is 29.7 Å². The maximum atomic E-state index is 13.2. The van der Waals surface area contributed by atoms with Gasteiger partial charge in [-0.25, -0.2) is 4.98 Å². The Balaban J connectivity index is 1.59. The van der Waals surface area contributed by atoms with Crippen molar-refractivity contribution in [1.29, 1.82) is 0 Å². The molecule has 170 valence electrons. The molecule has 3 aromatic rings. The second-order valence-corrected chi connectivity index (χ2v) is 7.95. The van der Waals surface area contributed by atoms with Crippen LogP contribution in [0.5, 0.6) is 0 Å². The molecule has 1 atom stereocenters. The third kappa shape index (κ3) is 4.85. The molecule has 3 heterocycles. The Bertz CT molecular complexity index is 1130. The van der Waals surface area contributed by atoms with Crippen LogP contribution in [-0.4, -0.2) is 58.5 Å². The number of hydrogen-bond donors (Lipinski definition) is 1. The van der Waals surface area contributed by atoms with Crippen molar-refractivity contribution in [2.24, 2.45) is 0 Å². The van der Waals surface area contributed by atoms with E-state index < -0.39 is 5.60 Å². The van der Waals surface area contributed by atoms with Gasteiger partial charge in [-0.2, -0.15) is 0 Å². The van der Waals surface area contributed by atoms with Crippen LogP contribution >= 0.6 is 0 Å². The van der Waals surface area contributed by atoms with Crippen molar-refractivity contribution in [2.75, 3.05) is 26.2 Å². The first-order chi connectivity index (χ1) is 16.0. The highest BCUT2D eigenvalue weighted by Gasteiger charge is 2.45. The van der Waals surface area contributed by atoms with E-state index in [1.54, 1.807) is 30.3 Å². The minimum atomic E-state index is -1.24. The monoisotopic (exact) mass is 446 g/mol. The Morgan fingerprint density at radius 2 is 2.06 bits per heavy atom. The molecule has 1 unspecified atom stereocenters. The Hall–Kier alpha value is -3.78. The van der Waals surface area contributed by atoms with Crippen molar-refractivity contribution in [1.82, 2.24) is 20.2 Å². The third-order valence-electron chi connectivity index (χ3n) is 5.67. The standard InChI is InChI=1S/C25H26N4O4/c1-3-10-27-24(31)25(14-19-6-8-20(9-7-19)21-5-4-11-26-15-21)16-29(12-13-33-25)23(30)22-18(2)28-17-32-22/h3-9,11,15,17H,1,10,12-14,16H2,2H3,(H,27,31). The molecule has 1 saturated heterocycles. The normalized spacial score (nSPS) is 18.0. The fourth-order valence-electron chi connectivity index (χ4n) is 3.94. The fourth-order valence-corrected chi connectivity index (χ4v) is 3.94. The van der Waals surface area contributed by atoms with Crippen LogP contribution in [0.4, 0.5) is 0 Å². The number of amides is 2. The number of nitrogens with zero attached hydrogens (tertiary/aromatic N) is 3. The van der Waals surface area contributed by atoms with Gasteiger partial charge in [0.25, 0.3) is 11.8 Å². The fraction of sp³-hybridized carbons (Fsp3) is 0.280. The number of carbonyl (C=O) groups is 2. The average Bonchev–Trinajstić information content (AvgIpc) is 3.29. The van der Waals surface area contributed by atoms with E-state index in [2.05, 4.69) is 21.9 Å². The van der Waals surface area contributed by atoms with Crippen LogP contribution in [0.25, 0.3) is 11.1 Å². The second kappa shape index (κ2) is 9.79.